The molecule has 2 N–H and O–H groups in total. The van der Waals surface area contributed by atoms with Gasteiger partial charge in [-0.2, -0.15) is 10.4 Å². The van der Waals surface area contributed by atoms with Gasteiger partial charge in [0.2, 0.25) is 5.91 Å². The van der Waals surface area contributed by atoms with Gasteiger partial charge in [0.25, 0.3) is 0 Å². The van der Waals surface area contributed by atoms with E-state index in [9.17, 15) is 20.0 Å². The summed E-state index contributed by atoms with van der Waals surface area (Å²) in [6.07, 6.45) is 8.25. The maximum atomic E-state index is 12.4. The summed E-state index contributed by atoms with van der Waals surface area (Å²) in [6.45, 7) is 1.99. The summed E-state index contributed by atoms with van der Waals surface area (Å²) in [5.41, 5.74) is -0.558. The van der Waals surface area contributed by atoms with Gasteiger partial charge in [-0.3, -0.25) is 9.59 Å². The average molecular weight is 498 g/mol. The lowest BCUT2D eigenvalue weighted by atomic mass is 9.87. The second kappa shape index (κ2) is 11.8. The zero-order valence-electron chi connectivity index (χ0n) is 20.8. The van der Waals surface area contributed by atoms with Crippen molar-refractivity contribution in [2.24, 2.45) is 5.92 Å². The molecule has 2 fully saturated rings. The van der Waals surface area contributed by atoms with Crippen LogP contribution in [-0.2, 0) is 24.7 Å². The first-order valence-corrected chi connectivity index (χ1v) is 13.0. The molecule has 0 aromatic carbocycles. The molecule has 2 aromatic heterocycles. The Bertz CT molecular complexity index is 1110. The van der Waals surface area contributed by atoms with Gasteiger partial charge in [0.1, 0.15) is 24.5 Å². The van der Waals surface area contributed by atoms with E-state index in [2.05, 4.69) is 21.5 Å². The molecule has 3 atom stereocenters. The lowest BCUT2D eigenvalue weighted by Gasteiger charge is -2.38. The molecule has 1 saturated carbocycles. The number of aromatic nitrogens is 3. The number of nitriles is 1. The molecule has 1 amide bonds. The van der Waals surface area contributed by atoms with Crippen molar-refractivity contribution in [1.29, 1.82) is 5.26 Å². The summed E-state index contributed by atoms with van der Waals surface area (Å²) in [5.74, 6) is 0.299. The second-order valence-corrected chi connectivity index (χ2v) is 9.94. The van der Waals surface area contributed by atoms with Gasteiger partial charge in [0, 0.05) is 25.7 Å². The van der Waals surface area contributed by atoms with Gasteiger partial charge in [-0.05, 0) is 37.3 Å². The first-order chi connectivity index (χ1) is 17.4. The van der Waals surface area contributed by atoms with Crippen LogP contribution in [0.2, 0.25) is 0 Å². The molecule has 0 radical (unpaired) electrons. The van der Waals surface area contributed by atoms with Crippen molar-refractivity contribution in [3.05, 3.63) is 24.2 Å². The van der Waals surface area contributed by atoms with Crippen molar-refractivity contribution in [3.8, 4) is 6.07 Å². The summed E-state index contributed by atoms with van der Waals surface area (Å²) in [5, 5.41) is 27.9. The van der Waals surface area contributed by atoms with Gasteiger partial charge in [0.05, 0.1) is 17.9 Å². The van der Waals surface area contributed by atoms with Crippen LogP contribution in [0.5, 0.6) is 0 Å². The quantitative estimate of drug-likeness (QED) is 0.501. The largest absolute Gasteiger partial charge is 0.463 e. The van der Waals surface area contributed by atoms with Gasteiger partial charge in [-0.1, -0.05) is 32.6 Å². The number of rotatable bonds is 9. The predicted molar refractivity (Wildman–Crippen MR) is 131 cm³/mol. The number of carbonyl (C=O) groups is 2. The van der Waals surface area contributed by atoms with Crippen LogP contribution in [0, 0.1) is 17.2 Å². The van der Waals surface area contributed by atoms with Crippen molar-refractivity contribution in [1.82, 2.24) is 14.6 Å². The third-order valence-electron chi connectivity index (χ3n) is 7.10. The van der Waals surface area contributed by atoms with Crippen molar-refractivity contribution >= 4 is 23.2 Å². The average Bonchev–Trinajstić information content (AvgIpc) is 3.32. The number of nitrogens with zero attached hydrogens (tertiary/aromatic N) is 4. The molecule has 10 nitrogen and oxygen atoms in total. The minimum absolute atomic E-state index is 0.0247. The molecular formula is C26H35N5O5. The maximum absolute atomic E-state index is 12.4. The minimum atomic E-state index is -1.50. The van der Waals surface area contributed by atoms with Crippen LogP contribution >= 0.6 is 0 Å². The van der Waals surface area contributed by atoms with Crippen LogP contribution in [0.3, 0.4) is 0 Å². The molecule has 0 bridgehead atoms. The standard InChI is InChI=1S/C26H35N5O5/c1-2-3-9-23(33)30-25-21-10-11-22(31(21)29-17-28-25)26(16-27)14-19(32)13-20(36-26)15-35-24(34)12-18-7-5-4-6-8-18/h10-11,17-20,32H,2-9,12-15H2,1H3,(H,28,29,30,33)/t19-,20+,26+/m1/s1. The highest BCUT2D eigenvalue weighted by atomic mass is 16.6. The molecular weight excluding hydrogens is 462 g/mol. The van der Waals surface area contributed by atoms with Crippen molar-refractivity contribution < 1.29 is 24.2 Å². The molecule has 4 rings (SSSR count). The number of fused-ring (bicyclic) bond motifs is 1. The first-order valence-electron chi connectivity index (χ1n) is 13.0. The van der Waals surface area contributed by atoms with Crippen LogP contribution in [0.4, 0.5) is 5.82 Å². The fourth-order valence-corrected chi connectivity index (χ4v) is 5.24. The Hall–Kier alpha value is -3.03. The number of ether oxygens (including phenoxy) is 2. The number of carbonyl (C=O) groups excluding carboxylic acids is 2. The van der Waals surface area contributed by atoms with Crippen LogP contribution in [0.1, 0.15) is 83.2 Å². The van der Waals surface area contributed by atoms with E-state index < -0.39 is 17.8 Å². The van der Waals surface area contributed by atoms with Crippen LogP contribution < -0.4 is 5.32 Å². The van der Waals surface area contributed by atoms with Gasteiger partial charge in [-0.15, -0.1) is 0 Å². The zero-order valence-corrected chi connectivity index (χ0v) is 20.8. The Labute approximate surface area is 211 Å². The summed E-state index contributed by atoms with van der Waals surface area (Å²) >= 11 is 0. The minimum Gasteiger partial charge on any atom is -0.463 e. The number of hydrogen-bond acceptors (Lipinski definition) is 8. The van der Waals surface area contributed by atoms with E-state index in [0.29, 0.717) is 35.8 Å². The van der Waals surface area contributed by atoms with Crippen LogP contribution in [0.25, 0.3) is 5.52 Å². The highest BCUT2D eigenvalue weighted by Crippen LogP contribution is 2.39. The van der Waals surface area contributed by atoms with E-state index in [4.69, 9.17) is 9.47 Å². The van der Waals surface area contributed by atoms with Crippen molar-refractivity contribution in [2.45, 2.75) is 95.4 Å². The topological polar surface area (TPSA) is 139 Å². The van der Waals surface area contributed by atoms with E-state index in [1.54, 1.807) is 12.1 Å². The Balaban J connectivity index is 1.48. The van der Waals surface area contributed by atoms with Gasteiger partial charge < -0.3 is 19.9 Å². The third-order valence-corrected chi connectivity index (χ3v) is 7.10. The summed E-state index contributed by atoms with van der Waals surface area (Å²) in [7, 11) is 0. The Kier molecular flexibility index (Phi) is 8.54. The number of nitrogens with one attached hydrogen (secondary N) is 1. The monoisotopic (exact) mass is 497 g/mol. The lowest BCUT2D eigenvalue weighted by Crippen LogP contribution is -2.46. The van der Waals surface area contributed by atoms with Crippen LogP contribution in [-0.4, -0.2) is 50.4 Å². The maximum Gasteiger partial charge on any atom is 0.306 e. The lowest BCUT2D eigenvalue weighted by molar-refractivity contribution is -0.172. The van der Waals surface area contributed by atoms with Crippen LogP contribution in [0.15, 0.2) is 18.5 Å². The number of hydrogen-bond donors (Lipinski definition) is 2. The van der Waals surface area contributed by atoms with E-state index in [1.165, 1.54) is 17.3 Å². The highest BCUT2D eigenvalue weighted by molar-refractivity contribution is 5.93. The van der Waals surface area contributed by atoms with Gasteiger partial charge in [-0.25, -0.2) is 9.50 Å². The third kappa shape index (κ3) is 6.02. The fraction of sp³-hybridized carbons (Fsp3) is 0.654. The van der Waals surface area contributed by atoms with E-state index >= 15 is 0 Å². The van der Waals surface area contributed by atoms with E-state index in [1.807, 2.05) is 6.92 Å². The molecule has 1 aliphatic carbocycles. The number of esters is 1. The molecule has 1 saturated heterocycles. The zero-order chi connectivity index (χ0) is 25.5. The Morgan fingerprint density at radius 2 is 2.14 bits per heavy atom. The second-order valence-electron chi connectivity index (χ2n) is 9.94. The molecule has 194 valence electrons. The molecule has 3 heterocycles. The van der Waals surface area contributed by atoms with E-state index in [0.717, 1.165) is 38.5 Å². The van der Waals surface area contributed by atoms with Crippen molar-refractivity contribution in [2.75, 3.05) is 11.9 Å². The number of amides is 1. The van der Waals surface area contributed by atoms with Crippen molar-refractivity contribution in [3.63, 3.8) is 0 Å². The molecule has 2 aromatic rings. The predicted octanol–water partition coefficient (Wildman–Crippen LogP) is 3.63. The fourth-order valence-electron chi connectivity index (χ4n) is 5.24. The molecule has 0 unspecified atom stereocenters. The van der Waals surface area contributed by atoms with Gasteiger partial charge >= 0.3 is 5.97 Å². The molecule has 10 heteroatoms. The molecule has 1 aliphatic heterocycles. The number of aliphatic hydroxyl groups is 1. The first kappa shape index (κ1) is 26.0. The molecule has 36 heavy (non-hydrogen) atoms. The molecule has 0 spiro atoms. The Morgan fingerprint density at radius 1 is 1.33 bits per heavy atom. The highest BCUT2D eigenvalue weighted by Gasteiger charge is 2.45. The molecule has 2 aliphatic rings. The summed E-state index contributed by atoms with van der Waals surface area (Å²) < 4.78 is 13.2. The summed E-state index contributed by atoms with van der Waals surface area (Å²) in [6, 6.07) is 5.63. The van der Waals surface area contributed by atoms with E-state index in [-0.39, 0.29) is 31.3 Å². The smallest absolute Gasteiger partial charge is 0.306 e. The number of unbranched alkanes of at least 4 members (excludes halogenated alkanes) is 1. The number of anilines is 1. The summed E-state index contributed by atoms with van der Waals surface area (Å²) in [4.78, 5) is 28.8. The SMILES string of the molecule is CCCCC(=O)Nc1ncnn2c([C@@]3(C#N)C[C@H](O)C[C@@H](COC(=O)CC4CCCCC4)O3)ccc12. The van der Waals surface area contributed by atoms with Gasteiger partial charge in [0.15, 0.2) is 11.4 Å². The normalized spacial score (nSPS) is 24.8. The Morgan fingerprint density at radius 3 is 2.89 bits per heavy atom. The number of aliphatic hydroxyl groups excluding tert-OH is 1.